The van der Waals surface area contributed by atoms with Crippen molar-refractivity contribution in [3.05, 3.63) is 107 Å². The molecule has 2 atom stereocenters. The largest absolute Gasteiger partial charge is 0.352 e. The van der Waals surface area contributed by atoms with Gasteiger partial charge in [0.1, 0.15) is 6.04 Å². The molecular weight excluding hydrogens is 452 g/mol. The maximum atomic E-state index is 13.7. The summed E-state index contributed by atoms with van der Waals surface area (Å²) in [5.41, 5.74) is 4.40. The number of hydrogen-bond donors (Lipinski definition) is 1. The van der Waals surface area contributed by atoms with Gasteiger partial charge in [-0.15, -0.1) is 11.8 Å². The van der Waals surface area contributed by atoms with Crippen molar-refractivity contribution in [3.8, 4) is 0 Å². The first-order chi connectivity index (χ1) is 17.0. The summed E-state index contributed by atoms with van der Waals surface area (Å²) in [6.07, 6.45) is 1.31. The summed E-state index contributed by atoms with van der Waals surface area (Å²) in [5.74, 6) is 0.961. The summed E-state index contributed by atoms with van der Waals surface area (Å²) in [5, 5.41) is 3.13. The SMILES string of the molecule is CC[C@@H](C)NC(=O)[C@H](Cc1ccccc1)N(Cc1ccccc1C)C(=O)CSCc1ccccc1. The Hall–Kier alpha value is -3.05. The van der Waals surface area contributed by atoms with Gasteiger partial charge in [0.15, 0.2) is 0 Å². The number of nitrogens with zero attached hydrogens (tertiary/aromatic N) is 1. The standard InChI is InChI=1S/C30H36N2O2S/c1-4-24(3)31-30(34)28(19-25-14-7-5-8-15-25)32(20-27-18-12-11-13-23(27)2)29(33)22-35-21-26-16-9-6-10-17-26/h5-18,24,28H,4,19-22H2,1-3H3,(H,31,34)/t24-,28+/m1/s1. The summed E-state index contributed by atoms with van der Waals surface area (Å²) in [7, 11) is 0. The fourth-order valence-electron chi connectivity index (χ4n) is 3.88. The highest BCUT2D eigenvalue weighted by atomic mass is 32.2. The lowest BCUT2D eigenvalue weighted by Gasteiger charge is -2.32. The highest BCUT2D eigenvalue weighted by Crippen LogP contribution is 2.20. The number of amides is 2. The highest BCUT2D eigenvalue weighted by molar-refractivity contribution is 7.99. The van der Waals surface area contributed by atoms with Gasteiger partial charge in [0, 0.05) is 24.8 Å². The van der Waals surface area contributed by atoms with Gasteiger partial charge < -0.3 is 10.2 Å². The van der Waals surface area contributed by atoms with Gasteiger partial charge in [0.05, 0.1) is 5.75 Å². The topological polar surface area (TPSA) is 49.4 Å². The molecule has 1 N–H and O–H groups in total. The molecule has 0 heterocycles. The van der Waals surface area contributed by atoms with E-state index in [9.17, 15) is 9.59 Å². The zero-order valence-electron chi connectivity index (χ0n) is 20.9. The van der Waals surface area contributed by atoms with Crippen molar-refractivity contribution in [2.45, 2.75) is 58.0 Å². The van der Waals surface area contributed by atoms with E-state index < -0.39 is 6.04 Å². The third kappa shape index (κ3) is 8.29. The van der Waals surface area contributed by atoms with Crippen LogP contribution in [0.3, 0.4) is 0 Å². The first kappa shape index (κ1) is 26.6. The number of thioether (sulfide) groups is 1. The summed E-state index contributed by atoms with van der Waals surface area (Å²) in [6.45, 7) is 6.50. The smallest absolute Gasteiger partial charge is 0.243 e. The molecule has 2 amide bonds. The number of aryl methyl sites for hydroxylation is 1. The van der Waals surface area contributed by atoms with E-state index in [-0.39, 0.29) is 17.9 Å². The van der Waals surface area contributed by atoms with Gasteiger partial charge >= 0.3 is 0 Å². The Morgan fingerprint density at radius 1 is 0.886 bits per heavy atom. The minimum absolute atomic E-state index is 0.0191. The number of benzene rings is 3. The summed E-state index contributed by atoms with van der Waals surface area (Å²) >= 11 is 1.59. The molecule has 0 radical (unpaired) electrons. The van der Waals surface area contributed by atoms with E-state index in [1.54, 1.807) is 16.7 Å². The molecule has 5 heteroatoms. The Morgan fingerprint density at radius 2 is 1.49 bits per heavy atom. The zero-order chi connectivity index (χ0) is 25.0. The molecule has 0 saturated heterocycles. The second-order valence-electron chi connectivity index (χ2n) is 8.95. The average Bonchev–Trinajstić information content (AvgIpc) is 2.88. The van der Waals surface area contributed by atoms with Crippen molar-refractivity contribution in [2.75, 3.05) is 5.75 Å². The van der Waals surface area contributed by atoms with Gasteiger partial charge in [-0.05, 0) is 42.5 Å². The van der Waals surface area contributed by atoms with E-state index in [1.165, 1.54) is 5.56 Å². The van der Waals surface area contributed by atoms with Crippen LogP contribution in [0.25, 0.3) is 0 Å². The van der Waals surface area contributed by atoms with Crippen molar-refractivity contribution in [1.29, 1.82) is 0 Å². The molecule has 0 aliphatic carbocycles. The number of carbonyl (C=O) groups excluding carboxylic acids is 2. The number of nitrogens with one attached hydrogen (secondary N) is 1. The van der Waals surface area contributed by atoms with Crippen LogP contribution in [-0.4, -0.2) is 34.6 Å². The predicted octanol–water partition coefficient (Wildman–Crippen LogP) is 5.78. The lowest BCUT2D eigenvalue weighted by Crippen LogP contribution is -2.52. The van der Waals surface area contributed by atoms with Crippen molar-refractivity contribution in [3.63, 3.8) is 0 Å². The quantitative estimate of drug-likeness (QED) is 0.351. The second-order valence-corrected chi connectivity index (χ2v) is 9.94. The van der Waals surface area contributed by atoms with Crippen LogP contribution in [0.5, 0.6) is 0 Å². The van der Waals surface area contributed by atoms with Crippen LogP contribution in [0.15, 0.2) is 84.9 Å². The Kier molecular flexibility index (Phi) is 10.4. The van der Waals surface area contributed by atoms with Crippen molar-refractivity contribution in [2.24, 2.45) is 0 Å². The lowest BCUT2D eigenvalue weighted by molar-refractivity contribution is -0.139. The molecule has 0 aliphatic rings. The molecule has 0 spiro atoms. The van der Waals surface area contributed by atoms with Crippen LogP contribution in [0, 0.1) is 6.92 Å². The number of hydrogen-bond acceptors (Lipinski definition) is 3. The Morgan fingerprint density at radius 3 is 2.11 bits per heavy atom. The first-order valence-electron chi connectivity index (χ1n) is 12.3. The van der Waals surface area contributed by atoms with Crippen LogP contribution < -0.4 is 5.32 Å². The van der Waals surface area contributed by atoms with Crippen LogP contribution in [0.4, 0.5) is 0 Å². The Bertz CT molecular complexity index is 1070. The molecular formula is C30H36N2O2S. The molecule has 3 rings (SSSR count). The Balaban J connectivity index is 1.87. The molecule has 3 aromatic carbocycles. The molecule has 35 heavy (non-hydrogen) atoms. The van der Waals surface area contributed by atoms with Gasteiger partial charge in [-0.2, -0.15) is 0 Å². The lowest BCUT2D eigenvalue weighted by atomic mass is 10.0. The van der Waals surface area contributed by atoms with E-state index >= 15 is 0 Å². The maximum Gasteiger partial charge on any atom is 0.243 e. The fourth-order valence-corrected chi connectivity index (χ4v) is 4.75. The summed E-state index contributed by atoms with van der Waals surface area (Å²) < 4.78 is 0. The van der Waals surface area contributed by atoms with Crippen LogP contribution in [0.1, 0.15) is 42.5 Å². The average molecular weight is 489 g/mol. The van der Waals surface area contributed by atoms with Gasteiger partial charge in [-0.25, -0.2) is 0 Å². The monoisotopic (exact) mass is 488 g/mol. The van der Waals surface area contributed by atoms with Crippen molar-refractivity contribution >= 4 is 23.6 Å². The van der Waals surface area contributed by atoms with E-state index in [4.69, 9.17) is 0 Å². The van der Waals surface area contributed by atoms with E-state index in [0.717, 1.165) is 28.9 Å². The van der Waals surface area contributed by atoms with Crippen LogP contribution >= 0.6 is 11.8 Å². The third-order valence-electron chi connectivity index (χ3n) is 6.21. The summed E-state index contributed by atoms with van der Waals surface area (Å²) in [4.78, 5) is 29.0. The molecule has 0 aromatic heterocycles. The third-order valence-corrected chi connectivity index (χ3v) is 7.20. The van der Waals surface area contributed by atoms with E-state index in [2.05, 4.69) is 17.4 Å². The minimum Gasteiger partial charge on any atom is -0.352 e. The highest BCUT2D eigenvalue weighted by Gasteiger charge is 2.31. The number of rotatable bonds is 12. The second kappa shape index (κ2) is 13.7. The number of carbonyl (C=O) groups is 2. The normalized spacial score (nSPS) is 12.5. The van der Waals surface area contributed by atoms with E-state index in [1.807, 2.05) is 93.6 Å². The van der Waals surface area contributed by atoms with Gasteiger partial charge in [-0.1, -0.05) is 91.9 Å². The molecule has 184 valence electrons. The molecule has 0 aliphatic heterocycles. The first-order valence-corrected chi connectivity index (χ1v) is 13.4. The van der Waals surface area contributed by atoms with Crippen molar-refractivity contribution in [1.82, 2.24) is 10.2 Å². The molecule has 0 saturated carbocycles. The van der Waals surface area contributed by atoms with Crippen LogP contribution in [-0.2, 0) is 28.3 Å². The van der Waals surface area contributed by atoms with Gasteiger partial charge in [0.25, 0.3) is 0 Å². The minimum atomic E-state index is -0.587. The Labute approximate surface area is 214 Å². The molecule has 3 aromatic rings. The van der Waals surface area contributed by atoms with Crippen molar-refractivity contribution < 1.29 is 9.59 Å². The molecule has 0 fully saturated rings. The molecule has 4 nitrogen and oxygen atoms in total. The van der Waals surface area contributed by atoms with Gasteiger partial charge in [0.2, 0.25) is 11.8 Å². The van der Waals surface area contributed by atoms with E-state index in [0.29, 0.717) is 18.7 Å². The predicted molar refractivity (Wildman–Crippen MR) is 146 cm³/mol. The summed E-state index contributed by atoms with van der Waals surface area (Å²) in [6, 6.07) is 27.6. The fraction of sp³-hybridized carbons (Fsp3) is 0.333. The zero-order valence-corrected chi connectivity index (χ0v) is 21.8. The van der Waals surface area contributed by atoms with Gasteiger partial charge in [-0.3, -0.25) is 9.59 Å². The van der Waals surface area contributed by atoms with Crippen LogP contribution in [0.2, 0.25) is 0 Å². The maximum absolute atomic E-state index is 13.7. The molecule has 0 unspecified atom stereocenters. The molecule has 0 bridgehead atoms.